The van der Waals surface area contributed by atoms with Gasteiger partial charge in [-0.3, -0.25) is 14.3 Å². The van der Waals surface area contributed by atoms with E-state index in [1.54, 1.807) is 31.1 Å². The quantitative estimate of drug-likeness (QED) is 0.620. The number of nitrogens with one attached hydrogen (secondary N) is 1. The van der Waals surface area contributed by atoms with Crippen LogP contribution in [0.5, 0.6) is 5.75 Å². The molecule has 8 nitrogen and oxygen atoms in total. The maximum atomic E-state index is 13.1. The molecule has 1 aliphatic heterocycles. The third kappa shape index (κ3) is 4.85. The topological polar surface area (TPSA) is 88.8 Å². The van der Waals surface area contributed by atoms with Gasteiger partial charge in [0.2, 0.25) is 11.8 Å². The van der Waals surface area contributed by atoms with E-state index in [4.69, 9.17) is 4.74 Å². The molecule has 0 radical (unpaired) electrons. The number of carbonyl (C=O) groups is 2. The first kappa shape index (κ1) is 21.3. The van der Waals surface area contributed by atoms with Gasteiger partial charge in [-0.15, -0.1) is 0 Å². The summed E-state index contributed by atoms with van der Waals surface area (Å²) in [5.41, 5.74) is 2.79. The third-order valence-electron chi connectivity index (χ3n) is 5.32. The van der Waals surface area contributed by atoms with Crippen LogP contribution in [0.15, 0.2) is 72.0 Å². The fraction of sp³-hybridized carbons (Fsp3) is 0.250. The number of hydrogen-bond donors (Lipinski definition) is 1. The van der Waals surface area contributed by atoms with Crippen molar-refractivity contribution in [1.29, 1.82) is 0 Å². The summed E-state index contributed by atoms with van der Waals surface area (Å²) < 4.78 is 6.85. The van der Waals surface area contributed by atoms with Crippen molar-refractivity contribution in [2.75, 3.05) is 12.4 Å². The predicted octanol–water partition coefficient (Wildman–Crippen LogP) is 3.53. The number of nitrogens with zero attached hydrogens (tertiary/aromatic N) is 4. The molecule has 164 valence electrons. The second-order valence-electron chi connectivity index (χ2n) is 7.57. The molecule has 0 saturated carbocycles. The number of rotatable bonds is 7. The van der Waals surface area contributed by atoms with Gasteiger partial charge in [0.25, 0.3) is 0 Å². The summed E-state index contributed by atoms with van der Waals surface area (Å²) in [7, 11) is 3.39. The molecule has 0 saturated heterocycles. The molecule has 0 fully saturated rings. The standard InChI is InChI=1S/C24H25N5O3/c1-28-15-14-22(27-28)25-23(30)12-13-24(31)29-21(18-8-10-19(32-2)11-9-18)16-20(26-29)17-6-4-3-5-7-17/h3-11,14-15,21H,12-13,16H2,1-2H3,(H,25,27,30). The summed E-state index contributed by atoms with van der Waals surface area (Å²) in [6.07, 6.45) is 2.45. The van der Waals surface area contributed by atoms with Crippen LogP contribution in [-0.2, 0) is 16.6 Å². The average Bonchev–Trinajstić information content (AvgIpc) is 3.44. The number of anilines is 1. The smallest absolute Gasteiger partial charge is 0.243 e. The molecule has 4 rings (SSSR count). The first-order valence-corrected chi connectivity index (χ1v) is 10.4. The van der Waals surface area contributed by atoms with Gasteiger partial charge in [-0.05, 0) is 23.3 Å². The maximum Gasteiger partial charge on any atom is 0.243 e. The second-order valence-corrected chi connectivity index (χ2v) is 7.57. The Labute approximate surface area is 186 Å². The van der Waals surface area contributed by atoms with Gasteiger partial charge >= 0.3 is 0 Å². The number of aromatic nitrogens is 2. The van der Waals surface area contributed by atoms with Crippen LogP contribution < -0.4 is 10.1 Å². The fourth-order valence-electron chi connectivity index (χ4n) is 3.65. The molecular formula is C24H25N5O3. The number of hydrazone groups is 1. The molecule has 1 aliphatic rings. The lowest BCUT2D eigenvalue weighted by Crippen LogP contribution is -2.28. The molecule has 2 aromatic carbocycles. The van der Waals surface area contributed by atoms with Crippen molar-refractivity contribution in [2.24, 2.45) is 12.1 Å². The van der Waals surface area contributed by atoms with Crippen molar-refractivity contribution < 1.29 is 14.3 Å². The van der Waals surface area contributed by atoms with Gasteiger partial charge in [0.15, 0.2) is 5.82 Å². The Bertz CT molecular complexity index is 1120. The summed E-state index contributed by atoms with van der Waals surface area (Å²) in [5.74, 6) is 0.754. The highest BCUT2D eigenvalue weighted by molar-refractivity contribution is 6.03. The number of benzene rings is 2. The first-order valence-electron chi connectivity index (χ1n) is 10.4. The largest absolute Gasteiger partial charge is 0.497 e. The monoisotopic (exact) mass is 431 g/mol. The van der Waals surface area contributed by atoms with Crippen molar-refractivity contribution in [2.45, 2.75) is 25.3 Å². The SMILES string of the molecule is COc1ccc(C2CC(c3ccccc3)=NN2C(=O)CCC(=O)Nc2ccn(C)n2)cc1. The molecule has 0 spiro atoms. The van der Waals surface area contributed by atoms with Gasteiger partial charge in [0.1, 0.15) is 5.75 Å². The molecule has 3 aromatic rings. The zero-order valence-electron chi connectivity index (χ0n) is 18.1. The molecule has 0 aliphatic carbocycles. The lowest BCUT2D eigenvalue weighted by molar-refractivity contribution is -0.134. The highest BCUT2D eigenvalue weighted by Gasteiger charge is 2.33. The van der Waals surface area contributed by atoms with E-state index < -0.39 is 0 Å². The fourth-order valence-corrected chi connectivity index (χ4v) is 3.65. The van der Waals surface area contributed by atoms with E-state index in [1.807, 2.05) is 54.6 Å². The first-order chi connectivity index (χ1) is 15.5. The summed E-state index contributed by atoms with van der Waals surface area (Å²) in [6.45, 7) is 0. The Balaban J connectivity index is 1.49. The number of hydrogen-bond acceptors (Lipinski definition) is 5. The Kier molecular flexibility index (Phi) is 6.30. The maximum absolute atomic E-state index is 13.1. The molecule has 1 unspecified atom stereocenters. The van der Waals surface area contributed by atoms with Crippen LogP contribution in [-0.4, -0.2) is 39.4 Å². The van der Waals surface area contributed by atoms with Crippen LogP contribution in [0.4, 0.5) is 5.82 Å². The number of aryl methyl sites for hydroxylation is 1. The van der Waals surface area contributed by atoms with E-state index >= 15 is 0 Å². The minimum absolute atomic E-state index is 0.0525. The Hall–Kier alpha value is -3.94. The zero-order valence-corrected chi connectivity index (χ0v) is 18.1. The van der Waals surface area contributed by atoms with E-state index in [-0.39, 0.29) is 30.7 Å². The van der Waals surface area contributed by atoms with Gasteiger partial charge in [0.05, 0.1) is 18.9 Å². The van der Waals surface area contributed by atoms with Crippen molar-refractivity contribution in [3.05, 3.63) is 78.0 Å². The molecule has 1 atom stereocenters. The lowest BCUT2D eigenvalue weighted by Gasteiger charge is -2.22. The van der Waals surface area contributed by atoms with Crippen molar-refractivity contribution in [3.63, 3.8) is 0 Å². The molecule has 32 heavy (non-hydrogen) atoms. The third-order valence-corrected chi connectivity index (χ3v) is 5.32. The van der Waals surface area contributed by atoms with Crippen LogP contribution >= 0.6 is 0 Å². The second kappa shape index (κ2) is 9.47. The number of ether oxygens (including phenoxy) is 1. The van der Waals surface area contributed by atoms with E-state index in [2.05, 4.69) is 15.5 Å². The van der Waals surface area contributed by atoms with Gasteiger partial charge in [-0.2, -0.15) is 10.2 Å². The van der Waals surface area contributed by atoms with Crippen molar-refractivity contribution in [1.82, 2.24) is 14.8 Å². The van der Waals surface area contributed by atoms with Gasteiger partial charge in [-0.1, -0.05) is 42.5 Å². The minimum Gasteiger partial charge on any atom is -0.497 e. The molecule has 8 heteroatoms. The van der Waals surface area contributed by atoms with E-state index in [0.29, 0.717) is 12.2 Å². The van der Waals surface area contributed by atoms with Crippen LogP contribution in [0.2, 0.25) is 0 Å². The predicted molar refractivity (Wildman–Crippen MR) is 121 cm³/mol. The summed E-state index contributed by atoms with van der Waals surface area (Å²) in [6, 6.07) is 18.9. The normalized spacial score (nSPS) is 15.4. The summed E-state index contributed by atoms with van der Waals surface area (Å²) in [5, 5.41) is 13.0. The Morgan fingerprint density at radius 2 is 1.81 bits per heavy atom. The summed E-state index contributed by atoms with van der Waals surface area (Å²) in [4.78, 5) is 25.4. The zero-order chi connectivity index (χ0) is 22.5. The highest BCUT2D eigenvalue weighted by atomic mass is 16.5. The van der Waals surface area contributed by atoms with Crippen LogP contribution in [0.25, 0.3) is 0 Å². The van der Waals surface area contributed by atoms with Crippen molar-refractivity contribution in [3.8, 4) is 5.75 Å². The van der Waals surface area contributed by atoms with E-state index in [0.717, 1.165) is 22.6 Å². The molecule has 2 amide bonds. The van der Waals surface area contributed by atoms with E-state index in [9.17, 15) is 9.59 Å². The van der Waals surface area contributed by atoms with E-state index in [1.165, 1.54) is 5.01 Å². The Morgan fingerprint density at radius 1 is 1.06 bits per heavy atom. The van der Waals surface area contributed by atoms with Crippen LogP contribution in [0.3, 0.4) is 0 Å². The lowest BCUT2D eigenvalue weighted by atomic mass is 9.98. The van der Waals surface area contributed by atoms with Gasteiger partial charge in [0, 0.05) is 38.6 Å². The Morgan fingerprint density at radius 3 is 2.47 bits per heavy atom. The molecular weight excluding hydrogens is 406 g/mol. The highest BCUT2D eigenvalue weighted by Crippen LogP contribution is 2.34. The van der Waals surface area contributed by atoms with Crippen molar-refractivity contribution >= 4 is 23.3 Å². The molecule has 2 heterocycles. The number of carbonyl (C=O) groups excluding carboxylic acids is 2. The van der Waals surface area contributed by atoms with Gasteiger partial charge in [-0.25, -0.2) is 5.01 Å². The van der Waals surface area contributed by atoms with Crippen LogP contribution in [0.1, 0.15) is 36.4 Å². The average molecular weight is 431 g/mol. The molecule has 0 bridgehead atoms. The number of methoxy groups -OCH3 is 1. The van der Waals surface area contributed by atoms with Gasteiger partial charge < -0.3 is 10.1 Å². The molecule has 1 N–H and O–H groups in total. The summed E-state index contributed by atoms with van der Waals surface area (Å²) >= 11 is 0. The number of amides is 2. The molecule has 1 aromatic heterocycles. The minimum atomic E-state index is -0.260. The van der Waals surface area contributed by atoms with Crippen LogP contribution in [0, 0.1) is 0 Å².